The van der Waals surface area contributed by atoms with Crippen LogP contribution >= 0.6 is 0 Å². The third-order valence-corrected chi connectivity index (χ3v) is 7.04. The number of H-pyrrole nitrogens is 1. The number of methoxy groups -OCH3 is 1. The number of hydrogen-bond acceptors (Lipinski definition) is 7. The number of nitrogens with two attached hydrogens (primary N) is 1. The number of amides is 3. The normalized spacial score (nSPS) is 15.1. The number of nitrogens with zero attached hydrogens (tertiary/aromatic N) is 4. The quantitative estimate of drug-likeness (QED) is 0.284. The Morgan fingerprint density at radius 2 is 1.79 bits per heavy atom. The smallest absolute Gasteiger partial charge is 0.337 e. The van der Waals surface area contributed by atoms with Crippen LogP contribution in [0.5, 0.6) is 5.75 Å². The van der Waals surface area contributed by atoms with Gasteiger partial charge >= 0.3 is 6.03 Å². The number of anilines is 1. The van der Waals surface area contributed by atoms with E-state index in [-0.39, 0.29) is 17.8 Å². The van der Waals surface area contributed by atoms with Crippen LogP contribution in [0.4, 0.5) is 10.5 Å². The summed E-state index contributed by atoms with van der Waals surface area (Å²) in [6, 6.07) is 23.3. The number of aromatic amines is 1. The largest absolute Gasteiger partial charge is 0.497 e. The number of primary amides is 1. The summed E-state index contributed by atoms with van der Waals surface area (Å²) in [5.41, 5.74) is 15.7. The highest BCUT2D eigenvalue weighted by molar-refractivity contribution is 6.43. The maximum absolute atomic E-state index is 12.5. The number of aromatic nitrogens is 2. The molecule has 0 unspecified atom stereocenters. The molecule has 3 amide bonds. The van der Waals surface area contributed by atoms with Crippen LogP contribution in [-0.4, -0.2) is 58.8 Å². The molecule has 43 heavy (non-hydrogen) atoms. The lowest BCUT2D eigenvalue weighted by Crippen LogP contribution is -2.41. The van der Waals surface area contributed by atoms with Crippen molar-refractivity contribution in [3.63, 3.8) is 0 Å². The first-order valence-electron chi connectivity index (χ1n) is 13.7. The highest BCUT2D eigenvalue weighted by Gasteiger charge is 2.27. The number of urea groups is 1. The van der Waals surface area contributed by atoms with Crippen LogP contribution in [0.25, 0.3) is 17.3 Å². The molecule has 6 rings (SSSR count). The second-order valence-electron chi connectivity index (χ2n) is 9.87. The lowest BCUT2D eigenvalue weighted by molar-refractivity contribution is -0.111. The fourth-order valence-corrected chi connectivity index (χ4v) is 4.75. The molecule has 0 spiro atoms. The van der Waals surface area contributed by atoms with E-state index in [1.54, 1.807) is 32.5 Å². The van der Waals surface area contributed by atoms with Gasteiger partial charge in [-0.2, -0.15) is 15.3 Å². The van der Waals surface area contributed by atoms with Crippen molar-refractivity contribution < 1.29 is 14.3 Å². The van der Waals surface area contributed by atoms with Crippen molar-refractivity contribution >= 4 is 35.1 Å². The standard InChI is InChI=1S/C22H23N5O2.C10H9N3O/c1-14-12-17-8-9-18(29-3)13-19(17)21(26-27(14)22(28)23-2)16-6-4-15(5-7-16)20-10-11-24-25-20;11-10(14)9-6-5-7-3-1-2-4-8(7)12-13-9/h4-11,13-14H,12H2,1-3H3,(H,23,28)(H,24,25);1-6,12H,(H2,11,14)/t14-;/m0./s1. The molecule has 5 N–H and O–H groups in total. The summed E-state index contributed by atoms with van der Waals surface area (Å²) in [6.45, 7) is 2.00. The molecule has 1 aromatic heterocycles. The van der Waals surface area contributed by atoms with Crippen molar-refractivity contribution in [3.05, 3.63) is 107 Å². The third-order valence-electron chi connectivity index (χ3n) is 7.04. The fourth-order valence-electron chi connectivity index (χ4n) is 4.75. The molecule has 0 bridgehead atoms. The second kappa shape index (κ2) is 12.9. The number of para-hydroxylation sites is 1. The Morgan fingerprint density at radius 1 is 1.02 bits per heavy atom. The van der Waals surface area contributed by atoms with Crippen LogP contribution < -0.4 is 21.2 Å². The number of hydrogen-bond donors (Lipinski definition) is 4. The Morgan fingerprint density at radius 3 is 2.49 bits per heavy atom. The van der Waals surface area contributed by atoms with E-state index in [1.807, 2.05) is 79.7 Å². The lowest BCUT2D eigenvalue weighted by Gasteiger charge is -2.22. The molecule has 2 aliphatic rings. The molecule has 218 valence electrons. The van der Waals surface area contributed by atoms with Gasteiger partial charge in [-0.3, -0.25) is 15.3 Å². The van der Waals surface area contributed by atoms with E-state index < -0.39 is 5.91 Å². The minimum Gasteiger partial charge on any atom is -0.497 e. The average Bonchev–Trinajstić information content (AvgIpc) is 3.42. The molecular formula is C32H32N8O3. The van der Waals surface area contributed by atoms with Crippen molar-refractivity contribution in [2.45, 2.75) is 19.4 Å². The molecule has 1 atom stereocenters. The van der Waals surface area contributed by atoms with Gasteiger partial charge in [0.1, 0.15) is 11.5 Å². The Bertz CT molecular complexity index is 1710. The molecule has 11 nitrogen and oxygen atoms in total. The van der Waals surface area contributed by atoms with Gasteiger partial charge in [0, 0.05) is 24.4 Å². The van der Waals surface area contributed by atoms with E-state index in [9.17, 15) is 9.59 Å². The Balaban J connectivity index is 0.000000220. The topological polar surface area (TPSA) is 150 Å². The van der Waals surface area contributed by atoms with Gasteiger partial charge in [0.05, 0.1) is 30.2 Å². The SMILES string of the molecule is CNC(=O)N1N=C(c2ccc(-c3ccn[nH]3)cc2)c2cc(OC)ccc2C[C@@H]1C.NC(=O)C1=NNc2ccccc2C=C1. The number of benzene rings is 3. The van der Waals surface area contributed by atoms with Gasteiger partial charge in [-0.25, -0.2) is 9.80 Å². The first kappa shape index (κ1) is 28.8. The lowest BCUT2D eigenvalue weighted by atomic mass is 9.94. The maximum atomic E-state index is 12.5. The van der Waals surface area contributed by atoms with Gasteiger partial charge in [-0.15, -0.1) is 0 Å². The van der Waals surface area contributed by atoms with Gasteiger partial charge in [-0.1, -0.05) is 54.6 Å². The predicted molar refractivity (Wildman–Crippen MR) is 168 cm³/mol. The first-order chi connectivity index (χ1) is 20.9. The summed E-state index contributed by atoms with van der Waals surface area (Å²) in [6.07, 6.45) is 5.83. The molecule has 3 heterocycles. The van der Waals surface area contributed by atoms with Gasteiger partial charge in [0.15, 0.2) is 0 Å². The highest BCUT2D eigenvalue weighted by Crippen LogP contribution is 2.28. The Labute approximate surface area is 249 Å². The number of nitrogens with one attached hydrogen (secondary N) is 3. The predicted octanol–water partition coefficient (Wildman–Crippen LogP) is 4.39. The molecule has 11 heteroatoms. The highest BCUT2D eigenvalue weighted by atomic mass is 16.5. The molecular weight excluding hydrogens is 544 g/mol. The van der Waals surface area contributed by atoms with E-state index in [1.165, 1.54) is 5.01 Å². The van der Waals surface area contributed by atoms with Crippen molar-refractivity contribution in [1.82, 2.24) is 20.5 Å². The fraction of sp³-hybridized carbons (Fsp3) is 0.156. The van der Waals surface area contributed by atoms with Gasteiger partial charge < -0.3 is 15.8 Å². The molecule has 2 aliphatic heterocycles. The van der Waals surface area contributed by atoms with E-state index >= 15 is 0 Å². The molecule has 3 aromatic carbocycles. The number of carbonyl (C=O) groups is 2. The monoisotopic (exact) mass is 576 g/mol. The van der Waals surface area contributed by atoms with Crippen molar-refractivity contribution in [2.75, 3.05) is 19.6 Å². The summed E-state index contributed by atoms with van der Waals surface area (Å²) in [4.78, 5) is 23.3. The zero-order chi connectivity index (χ0) is 30.3. The first-order valence-corrected chi connectivity index (χ1v) is 13.7. The van der Waals surface area contributed by atoms with Crippen LogP contribution in [-0.2, 0) is 11.2 Å². The molecule has 0 saturated heterocycles. The number of ether oxygens (including phenoxy) is 1. The summed E-state index contributed by atoms with van der Waals surface area (Å²) in [5.74, 6) is 0.216. The zero-order valence-electron chi connectivity index (χ0n) is 24.0. The minimum absolute atomic E-state index is 0.0798. The Hall–Kier alpha value is -5.71. The Kier molecular flexibility index (Phi) is 8.61. The van der Waals surface area contributed by atoms with Crippen molar-refractivity contribution in [2.24, 2.45) is 15.9 Å². The summed E-state index contributed by atoms with van der Waals surface area (Å²) >= 11 is 0. The van der Waals surface area contributed by atoms with E-state index in [2.05, 4.69) is 26.0 Å². The minimum atomic E-state index is -0.540. The molecule has 4 aromatic rings. The average molecular weight is 577 g/mol. The number of rotatable bonds is 4. The second-order valence-corrected chi connectivity index (χ2v) is 9.87. The summed E-state index contributed by atoms with van der Waals surface area (Å²) in [7, 11) is 3.26. The molecule has 0 fully saturated rings. The van der Waals surface area contributed by atoms with Gasteiger partial charge in [0.25, 0.3) is 5.91 Å². The third kappa shape index (κ3) is 6.46. The van der Waals surface area contributed by atoms with E-state index in [0.717, 1.165) is 50.7 Å². The van der Waals surface area contributed by atoms with E-state index in [0.29, 0.717) is 6.42 Å². The summed E-state index contributed by atoms with van der Waals surface area (Å²) < 4.78 is 5.44. The molecule has 0 radical (unpaired) electrons. The number of hydrazone groups is 2. The molecule has 0 aliphatic carbocycles. The number of fused-ring (bicyclic) bond motifs is 2. The van der Waals surface area contributed by atoms with Gasteiger partial charge in [-0.05, 0) is 60.4 Å². The molecule has 0 saturated carbocycles. The van der Waals surface area contributed by atoms with Crippen molar-refractivity contribution in [3.8, 4) is 17.0 Å². The summed E-state index contributed by atoms with van der Waals surface area (Å²) in [5, 5.41) is 19.8. The van der Waals surface area contributed by atoms with Crippen LogP contribution in [0.2, 0.25) is 0 Å². The van der Waals surface area contributed by atoms with Crippen LogP contribution in [0.1, 0.15) is 29.2 Å². The van der Waals surface area contributed by atoms with Crippen LogP contribution in [0, 0.1) is 0 Å². The van der Waals surface area contributed by atoms with Crippen LogP contribution in [0.15, 0.2) is 95.3 Å². The zero-order valence-corrected chi connectivity index (χ0v) is 24.0. The van der Waals surface area contributed by atoms with Crippen molar-refractivity contribution in [1.29, 1.82) is 0 Å². The van der Waals surface area contributed by atoms with Gasteiger partial charge in [0.2, 0.25) is 0 Å². The maximum Gasteiger partial charge on any atom is 0.337 e. The van der Waals surface area contributed by atoms with E-state index in [4.69, 9.17) is 15.6 Å². The number of carbonyl (C=O) groups excluding carboxylic acids is 2. The van der Waals surface area contributed by atoms with Crippen LogP contribution in [0.3, 0.4) is 0 Å².